The Morgan fingerprint density at radius 1 is 1.07 bits per heavy atom. The smallest absolute Gasteiger partial charge is 0.212 e. The van der Waals surface area contributed by atoms with Gasteiger partial charge in [-0.1, -0.05) is 36.0 Å². The van der Waals surface area contributed by atoms with Crippen LogP contribution in [-0.4, -0.2) is 25.3 Å². The van der Waals surface area contributed by atoms with Crippen molar-refractivity contribution in [1.82, 2.24) is 0 Å². The van der Waals surface area contributed by atoms with Crippen LogP contribution in [0.25, 0.3) is 17.0 Å². The zero-order valence-electron chi connectivity index (χ0n) is 16.1. The van der Waals surface area contributed by atoms with Crippen LogP contribution >= 0.6 is 11.8 Å². The molecule has 2 heterocycles. The summed E-state index contributed by atoms with van der Waals surface area (Å²) in [6.07, 6.45) is 5.26. The molecule has 0 unspecified atom stereocenters. The summed E-state index contributed by atoms with van der Waals surface area (Å²) < 4.78 is 34.8. The number of para-hydroxylation sites is 2. The molecule has 5 nitrogen and oxygen atoms in total. The van der Waals surface area contributed by atoms with E-state index in [9.17, 15) is 13.0 Å². The van der Waals surface area contributed by atoms with Crippen molar-refractivity contribution in [1.29, 1.82) is 0 Å². The zero-order valence-corrected chi connectivity index (χ0v) is 17.7. The largest absolute Gasteiger partial charge is 0.748 e. The highest BCUT2D eigenvalue weighted by Crippen LogP contribution is 2.46. The average Bonchev–Trinajstić information content (AvgIpc) is 3.04. The topological polar surface area (TPSA) is 64.3 Å². The van der Waals surface area contributed by atoms with Crippen molar-refractivity contribution in [2.45, 2.75) is 17.7 Å². The van der Waals surface area contributed by atoms with Crippen LogP contribution in [0.15, 0.2) is 70.7 Å². The Labute approximate surface area is 175 Å². The van der Waals surface area contributed by atoms with Crippen molar-refractivity contribution in [2.24, 2.45) is 7.05 Å². The molecule has 0 saturated carbocycles. The summed E-state index contributed by atoms with van der Waals surface area (Å²) in [6.45, 7) is 0.671. The molecule has 0 amide bonds. The second-order valence-corrected chi connectivity index (χ2v) is 9.66. The van der Waals surface area contributed by atoms with Gasteiger partial charge in [-0.25, -0.2) is 13.0 Å². The molecule has 2 aromatic carbocycles. The Balaban J connectivity index is 1.66. The maximum absolute atomic E-state index is 10.9. The van der Waals surface area contributed by atoms with Crippen molar-refractivity contribution in [3.63, 3.8) is 0 Å². The number of thioether (sulfide) groups is 1. The number of aryl methyl sites for hydroxylation is 1. The molecule has 150 valence electrons. The molecule has 1 aromatic heterocycles. The van der Waals surface area contributed by atoms with Gasteiger partial charge in [0, 0.05) is 29.3 Å². The van der Waals surface area contributed by atoms with Gasteiger partial charge in [0.2, 0.25) is 5.52 Å². The van der Waals surface area contributed by atoms with Crippen LogP contribution < -0.4 is 9.47 Å². The summed E-state index contributed by atoms with van der Waals surface area (Å²) in [5.74, 6) is -0.311. The quantitative estimate of drug-likeness (QED) is 0.340. The summed E-state index contributed by atoms with van der Waals surface area (Å²) in [5.41, 5.74) is 3.43. The average molecular weight is 427 g/mol. The number of hydrogen-bond donors (Lipinski definition) is 0. The number of unbranched alkanes of at least 4 members (excludes halogenated alkanes) is 1. The molecule has 3 aromatic rings. The molecule has 0 radical (unpaired) electrons. The van der Waals surface area contributed by atoms with Gasteiger partial charge in [0.25, 0.3) is 0 Å². The van der Waals surface area contributed by atoms with Gasteiger partial charge in [0.05, 0.1) is 26.2 Å². The molecule has 4 rings (SSSR count). The van der Waals surface area contributed by atoms with Crippen LogP contribution in [0.4, 0.5) is 5.69 Å². The maximum atomic E-state index is 10.9. The van der Waals surface area contributed by atoms with Crippen molar-refractivity contribution >= 4 is 44.5 Å². The minimum Gasteiger partial charge on any atom is -0.748 e. The number of fused-ring (bicyclic) bond motifs is 2. The molecule has 0 atom stereocenters. The van der Waals surface area contributed by atoms with Gasteiger partial charge in [-0.05, 0) is 42.7 Å². The van der Waals surface area contributed by atoms with E-state index in [1.54, 1.807) is 11.8 Å². The molecule has 1 aliphatic heterocycles. The van der Waals surface area contributed by atoms with E-state index in [2.05, 4.69) is 52.1 Å². The number of anilines is 1. The number of nitrogens with zero attached hydrogens (tertiary/aromatic N) is 2. The van der Waals surface area contributed by atoms with E-state index in [0.717, 1.165) is 21.8 Å². The van der Waals surface area contributed by atoms with Crippen LogP contribution in [0.3, 0.4) is 0 Å². The predicted molar refractivity (Wildman–Crippen MR) is 117 cm³/mol. The van der Waals surface area contributed by atoms with Crippen LogP contribution in [0.1, 0.15) is 18.4 Å². The maximum Gasteiger partial charge on any atom is 0.212 e. The Morgan fingerprint density at radius 2 is 1.83 bits per heavy atom. The molecule has 0 aliphatic carbocycles. The summed E-state index contributed by atoms with van der Waals surface area (Å²) in [5, 5.41) is 2.29. The van der Waals surface area contributed by atoms with E-state index < -0.39 is 10.1 Å². The van der Waals surface area contributed by atoms with Crippen LogP contribution in [-0.2, 0) is 17.2 Å². The lowest BCUT2D eigenvalue weighted by Gasteiger charge is -2.21. The lowest BCUT2D eigenvalue weighted by Crippen LogP contribution is -2.28. The normalized spacial score (nSPS) is 15.2. The van der Waals surface area contributed by atoms with Gasteiger partial charge in [-0.15, -0.1) is 0 Å². The van der Waals surface area contributed by atoms with E-state index >= 15 is 0 Å². The van der Waals surface area contributed by atoms with Crippen LogP contribution in [0, 0.1) is 0 Å². The Bertz CT molecular complexity index is 1190. The summed E-state index contributed by atoms with van der Waals surface area (Å²) in [4.78, 5) is 3.40. The molecule has 0 bridgehead atoms. The molecule has 0 fully saturated rings. The van der Waals surface area contributed by atoms with Crippen LogP contribution in [0.2, 0.25) is 0 Å². The molecule has 0 N–H and O–H groups in total. The van der Waals surface area contributed by atoms with Gasteiger partial charge < -0.3 is 9.45 Å². The Hall–Kier alpha value is -2.35. The van der Waals surface area contributed by atoms with E-state index in [1.807, 2.05) is 31.3 Å². The van der Waals surface area contributed by atoms with Crippen molar-refractivity contribution in [3.05, 3.63) is 71.4 Å². The lowest BCUT2D eigenvalue weighted by atomic mass is 10.1. The number of hydrogen-bond acceptors (Lipinski definition) is 5. The first-order chi connectivity index (χ1) is 13.9. The predicted octanol–water partition coefficient (Wildman–Crippen LogP) is 3.90. The van der Waals surface area contributed by atoms with Crippen molar-refractivity contribution in [3.8, 4) is 0 Å². The first-order valence-corrected chi connectivity index (χ1v) is 11.9. The Kier molecular flexibility index (Phi) is 5.63. The van der Waals surface area contributed by atoms with Crippen LogP contribution in [0.5, 0.6) is 0 Å². The third-order valence-electron chi connectivity index (χ3n) is 5.01. The number of rotatable bonds is 6. The number of aromatic nitrogens is 1. The lowest BCUT2D eigenvalue weighted by molar-refractivity contribution is -0.644. The molecular weight excluding hydrogens is 404 g/mol. The summed E-state index contributed by atoms with van der Waals surface area (Å²) in [6, 6.07) is 18.6. The summed E-state index contributed by atoms with van der Waals surface area (Å²) in [7, 11) is -2.12. The second-order valence-electron chi connectivity index (χ2n) is 7.07. The number of benzene rings is 2. The highest BCUT2D eigenvalue weighted by Gasteiger charge is 2.24. The van der Waals surface area contributed by atoms with E-state index in [4.69, 9.17) is 0 Å². The first kappa shape index (κ1) is 19.9. The fourth-order valence-corrected chi connectivity index (χ4v) is 5.28. The second kappa shape index (κ2) is 8.18. The zero-order chi connectivity index (χ0) is 20.4. The van der Waals surface area contributed by atoms with Gasteiger partial charge >= 0.3 is 0 Å². The summed E-state index contributed by atoms with van der Waals surface area (Å²) >= 11 is 1.72. The standard InChI is InChI=1S/C22H22N2O3S2/c1-23-14-12-17(18-8-2-3-9-19(18)23)16-22-24(13-6-7-15-29(25,26)27)20-10-4-5-11-21(20)28-22/h2-5,8-12,14,16H,6-7,13,15H2,1H3. The van der Waals surface area contributed by atoms with Gasteiger partial charge in [0.15, 0.2) is 6.20 Å². The van der Waals surface area contributed by atoms with E-state index in [1.165, 1.54) is 10.3 Å². The van der Waals surface area contributed by atoms with Gasteiger partial charge in [-0.3, -0.25) is 0 Å². The first-order valence-electron chi connectivity index (χ1n) is 9.49. The molecule has 29 heavy (non-hydrogen) atoms. The Morgan fingerprint density at radius 3 is 2.66 bits per heavy atom. The van der Waals surface area contributed by atoms with Crippen molar-refractivity contribution < 1.29 is 17.5 Å². The fraction of sp³-hybridized carbons (Fsp3) is 0.227. The van der Waals surface area contributed by atoms with E-state index in [0.29, 0.717) is 19.4 Å². The SMILES string of the molecule is C[n+]1ccc(C=C2Sc3ccccc3N2CCCCS(=O)(=O)[O-])c2ccccc21. The third kappa shape index (κ3) is 4.47. The van der Waals surface area contributed by atoms with Gasteiger partial charge in [-0.2, -0.15) is 0 Å². The molecule has 0 saturated heterocycles. The van der Waals surface area contributed by atoms with E-state index in [-0.39, 0.29) is 5.75 Å². The monoisotopic (exact) mass is 426 g/mol. The molecule has 0 spiro atoms. The van der Waals surface area contributed by atoms with Gasteiger partial charge in [0.1, 0.15) is 7.05 Å². The fourth-order valence-electron chi connectivity index (χ4n) is 3.59. The number of pyridine rings is 1. The highest BCUT2D eigenvalue weighted by molar-refractivity contribution is 8.03. The van der Waals surface area contributed by atoms with Crippen molar-refractivity contribution in [2.75, 3.05) is 17.2 Å². The highest BCUT2D eigenvalue weighted by atomic mass is 32.2. The minimum atomic E-state index is -4.16. The minimum absolute atomic E-state index is 0.311. The third-order valence-corrected chi connectivity index (χ3v) is 6.92. The molecular formula is C22H22N2O3S2. The molecule has 1 aliphatic rings. The molecule has 7 heteroatoms.